The molecule has 2 saturated heterocycles. The summed E-state index contributed by atoms with van der Waals surface area (Å²) in [4.78, 5) is 74.9. The predicted octanol–water partition coefficient (Wildman–Crippen LogP) is 5.27. The van der Waals surface area contributed by atoms with Crippen LogP contribution in [-0.2, 0) is 14.3 Å². The minimum absolute atomic E-state index is 0.0480. The van der Waals surface area contributed by atoms with Crippen LogP contribution in [0, 0.1) is 0 Å². The molecular weight excluding hydrogens is 816 g/mol. The summed E-state index contributed by atoms with van der Waals surface area (Å²) in [6, 6.07) is 21.5. The van der Waals surface area contributed by atoms with Gasteiger partial charge in [0.1, 0.15) is 23.9 Å². The maximum atomic E-state index is 12.3. The zero-order chi connectivity index (χ0) is 40.1. The molecule has 4 aliphatic heterocycles. The number of rotatable bonds is 10. The molecular formula is C38H36Cl2N8O7S2. The summed E-state index contributed by atoms with van der Waals surface area (Å²) in [5.74, 6) is 0.994. The van der Waals surface area contributed by atoms with Gasteiger partial charge in [-0.05, 0) is 72.8 Å². The van der Waals surface area contributed by atoms with E-state index in [1.807, 2.05) is 36.4 Å². The Bertz CT molecular complexity index is 2230. The van der Waals surface area contributed by atoms with E-state index in [-0.39, 0.29) is 30.8 Å². The van der Waals surface area contributed by atoms with Gasteiger partial charge in [-0.15, -0.1) is 22.7 Å². The number of amides is 5. The zero-order valence-corrected chi connectivity index (χ0v) is 33.6. The molecule has 4 aromatic rings. The molecule has 15 nitrogen and oxygen atoms in total. The minimum Gasteiger partial charge on any atom is -0.442 e. The van der Waals surface area contributed by atoms with Crippen molar-refractivity contribution in [2.24, 2.45) is 9.98 Å². The third kappa shape index (κ3) is 9.56. The maximum Gasteiger partial charge on any atom is 0.414 e. The van der Waals surface area contributed by atoms with Crippen LogP contribution in [0.2, 0.25) is 8.67 Å². The number of aliphatic imine (C=N–C) groups is 2. The first kappa shape index (κ1) is 39.7. The van der Waals surface area contributed by atoms with E-state index < -0.39 is 24.4 Å². The molecule has 3 N–H and O–H groups in total. The summed E-state index contributed by atoms with van der Waals surface area (Å²) in [6.45, 7) is 5.46. The Hall–Kier alpha value is -5.49. The number of hydrogen-bond donors (Lipinski definition) is 3. The van der Waals surface area contributed by atoms with E-state index in [9.17, 15) is 24.0 Å². The fraction of sp³-hybridized carbons (Fsp3) is 0.289. The van der Waals surface area contributed by atoms with Crippen LogP contribution < -0.4 is 25.8 Å². The van der Waals surface area contributed by atoms with Gasteiger partial charge in [0.05, 0.1) is 57.7 Å². The standard InChI is InChI=1S/C20H19ClN4O4S.C18H17ClN4O3S/c1-12(26)24-9-8-22-18(24)13-2-4-14(5-3-13)25-11-15(29-20(25)28)10-23-19(27)16-6-7-17(21)30-16;19-15-6-5-14(27-15)17(24)22-9-13-10-23(18(25)26-13)12-3-1-11(2-4-12)16-20-7-8-21-16/h2-7,15H,8-11H2,1H3,(H,23,27);1-6,13H,7-10H2,(H,20,21)(H,22,24)/t15-;13-/m00/s1. The second-order valence-corrected chi connectivity index (χ2v) is 16.4. The van der Waals surface area contributed by atoms with Gasteiger partial charge in [0.25, 0.3) is 11.8 Å². The number of nitrogens with one attached hydrogen (secondary N) is 3. The van der Waals surface area contributed by atoms with Crippen molar-refractivity contribution in [1.82, 2.24) is 20.9 Å². The van der Waals surface area contributed by atoms with E-state index in [2.05, 4.69) is 25.9 Å². The van der Waals surface area contributed by atoms with Gasteiger partial charge >= 0.3 is 12.2 Å². The highest BCUT2D eigenvalue weighted by Gasteiger charge is 2.34. The van der Waals surface area contributed by atoms with E-state index in [1.165, 1.54) is 34.5 Å². The van der Waals surface area contributed by atoms with Crippen LogP contribution in [0.4, 0.5) is 21.0 Å². The molecule has 2 atom stereocenters. The van der Waals surface area contributed by atoms with Crippen LogP contribution in [0.3, 0.4) is 0 Å². The fourth-order valence-electron chi connectivity index (χ4n) is 6.32. The highest BCUT2D eigenvalue weighted by Crippen LogP contribution is 2.26. The highest BCUT2D eigenvalue weighted by atomic mass is 35.5. The summed E-state index contributed by atoms with van der Waals surface area (Å²) in [5, 5.41) is 8.76. The lowest BCUT2D eigenvalue weighted by Crippen LogP contribution is -2.34. The highest BCUT2D eigenvalue weighted by molar-refractivity contribution is 7.18. The molecule has 6 heterocycles. The molecule has 5 amide bonds. The van der Waals surface area contributed by atoms with Crippen molar-refractivity contribution in [2.45, 2.75) is 19.1 Å². The Morgan fingerprint density at radius 2 is 1.25 bits per heavy atom. The quantitative estimate of drug-likeness (QED) is 0.194. The number of nitrogens with zero attached hydrogens (tertiary/aromatic N) is 5. The lowest BCUT2D eigenvalue weighted by molar-refractivity contribution is -0.124. The van der Waals surface area contributed by atoms with Gasteiger partial charge in [-0.3, -0.25) is 39.1 Å². The van der Waals surface area contributed by atoms with E-state index in [1.54, 1.807) is 46.2 Å². The van der Waals surface area contributed by atoms with E-state index in [4.69, 9.17) is 32.7 Å². The number of carbonyl (C=O) groups is 5. The second-order valence-electron chi connectivity index (χ2n) is 13.0. The SMILES string of the molecule is CC(=O)N1CCN=C1c1ccc(N2C[C@H](CNC(=O)c3ccc(Cl)s3)OC2=O)cc1.O=C(NC[C@H]1CN(c2ccc(C3=NCCN3)cc2)C(=O)O1)c1ccc(Cl)s1. The molecule has 19 heteroatoms. The molecule has 2 aromatic heterocycles. The van der Waals surface area contributed by atoms with Crippen LogP contribution in [0.25, 0.3) is 0 Å². The number of hydrogen-bond acceptors (Lipinski definition) is 12. The predicted molar refractivity (Wildman–Crippen MR) is 220 cm³/mol. The fourth-order valence-corrected chi connectivity index (χ4v) is 8.24. The maximum absolute atomic E-state index is 12.3. The largest absolute Gasteiger partial charge is 0.442 e. The first-order chi connectivity index (χ1) is 27.5. The molecule has 0 radical (unpaired) electrons. The molecule has 0 saturated carbocycles. The summed E-state index contributed by atoms with van der Waals surface area (Å²) in [6.07, 6.45) is -1.75. The van der Waals surface area contributed by atoms with E-state index in [0.717, 1.165) is 35.7 Å². The molecule has 0 unspecified atom stereocenters. The molecule has 2 fully saturated rings. The van der Waals surface area contributed by atoms with E-state index in [0.29, 0.717) is 56.1 Å². The number of anilines is 2. The van der Waals surface area contributed by atoms with Crippen molar-refractivity contribution in [3.63, 3.8) is 0 Å². The smallest absolute Gasteiger partial charge is 0.414 e. The van der Waals surface area contributed by atoms with Gasteiger partial charge in [0.2, 0.25) is 5.91 Å². The van der Waals surface area contributed by atoms with Crippen molar-refractivity contribution >= 4 is 98.8 Å². The van der Waals surface area contributed by atoms with Gasteiger partial charge in [0, 0.05) is 42.5 Å². The molecule has 0 aliphatic carbocycles. The number of thiophene rings is 2. The Morgan fingerprint density at radius 1 is 0.737 bits per heavy atom. The first-order valence-electron chi connectivity index (χ1n) is 17.9. The average Bonchev–Trinajstić information content (AvgIpc) is 4.07. The Labute approximate surface area is 345 Å². The number of benzene rings is 2. The monoisotopic (exact) mass is 850 g/mol. The van der Waals surface area contributed by atoms with Crippen molar-refractivity contribution in [1.29, 1.82) is 0 Å². The van der Waals surface area contributed by atoms with Gasteiger partial charge in [0.15, 0.2) is 0 Å². The first-order valence-corrected chi connectivity index (χ1v) is 20.3. The van der Waals surface area contributed by atoms with Crippen LogP contribution in [0.15, 0.2) is 82.8 Å². The summed E-state index contributed by atoms with van der Waals surface area (Å²) in [5.41, 5.74) is 3.23. The normalized spacial score (nSPS) is 18.6. The lowest BCUT2D eigenvalue weighted by atomic mass is 10.1. The van der Waals surface area contributed by atoms with Crippen molar-refractivity contribution in [2.75, 3.05) is 62.2 Å². The van der Waals surface area contributed by atoms with Gasteiger partial charge in [-0.1, -0.05) is 23.2 Å². The number of halogens is 2. The van der Waals surface area contributed by atoms with Gasteiger partial charge in [-0.25, -0.2) is 9.59 Å². The number of ether oxygens (including phenoxy) is 2. The summed E-state index contributed by atoms with van der Waals surface area (Å²) < 4.78 is 11.8. The topological polar surface area (TPSA) is 174 Å². The van der Waals surface area contributed by atoms with Crippen molar-refractivity contribution < 1.29 is 33.4 Å². The minimum atomic E-state index is -0.468. The molecule has 2 aromatic carbocycles. The van der Waals surface area contributed by atoms with Gasteiger partial charge < -0.3 is 25.4 Å². The van der Waals surface area contributed by atoms with Crippen molar-refractivity contribution in [3.8, 4) is 0 Å². The van der Waals surface area contributed by atoms with Crippen LogP contribution in [0.1, 0.15) is 37.4 Å². The number of amidine groups is 2. The molecule has 0 bridgehead atoms. The Kier molecular flexibility index (Phi) is 12.4. The van der Waals surface area contributed by atoms with E-state index >= 15 is 0 Å². The molecule has 296 valence electrons. The number of carbonyl (C=O) groups excluding carboxylic acids is 5. The average molecular weight is 852 g/mol. The second kappa shape index (κ2) is 17.8. The van der Waals surface area contributed by atoms with Gasteiger partial charge in [-0.2, -0.15) is 0 Å². The third-order valence-corrected chi connectivity index (χ3v) is 11.6. The molecule has 4 aliphatic rings. The zero-order valence-electron chi connectivity index (χ0n) is 30.4. The molecule has 0 spiro atoms. The molecule has 8 rings (SSSR count). The Morgan fingerprint density at radius 3 is 1.68 bits per heavy atom. The summed E-state index contributed by atoms with van der Waals surface area (Å²) >= 11 is 14.1. The number of cyclic esters (lactones) is 2. The third-order valence-electron chi connectivity index (χ3n) is 9.11. The van der Waals surface area contributed by atoms with Crippen LogP contribution in [-0.4, -0.2) is 111 Å². The summed E-state index contributed by atoms with van der Waals surface area (Å²) in [7, 11) is 0. The van der Waals surface area contributed by atoms with Crippen molar-refractivity contribution in [3.05, 3.63) is 102 Å². The van der Waals surface area contributed by atoms with Crippen LogP contribution in [0.5, 0.6) is 0 Å². The molecule has 57 heavy (non-hydrogen) atoms. The van der Waals surface area contributed by atoms with Crippen LogP contribution >= 0.6 is 45.9 Å². The lowest BCUT2D eigenvalue weighted by Gasteiger charge is -2.17. The Balaban J connectivity index is 0.000000175.